The van der Waals surface area contributed by atoms with Crippen LogP contribution in [-0.2, 0) is 36.0 Å². The van der Waals surface area contributed by atoms with Crippen LogP contribution in [0.2, 0.25) is 0 Å². The number of azo groups is 1. The van der Waals surface area contributed by atoms with E-state index in [2.05, 4.69) is 19.6 Å². The lowest BCUT2D eigenvalue weighted by atomic mass is 10.0. The maximum absolute atomic E-state index is 12.3. The van der Waals surface area contributed by atoms with Crippen molar-refractivity contribution in [2.75, 3.05) is 0 Å². The van der Waals surface area contributed by atoms with E-state index in [1.54, 1.807) is 32.0 Å². The largest absolute Gasteiger partial charge is 0.505 e. The summed E-state index contributed by atoms with van der Waals surface area (Å²) in [5.74, 6) is -0.473. The van der Waals surface area contributed by atoms with Gasteiger partial charge in [0.25, 0.3) is 20.2 Å². The first-order valence-corrected chi connectivity index (χ1v) is 14.4. The molecule has 12 nitrogen and oxygen atoms in total. The van der Waals surface area contributed by atoms with Crippen molar-refractivity contribution in [2.45, 2.75) is 35.0 Å². The van der Waals surface area contributed by atoms with Gasteiger partial charge in [-0.2, -0.15) is 16.8 Å². The summed E-state index contributed by atoms with van der Waals surface area (Å²) in [5, 5.41) is 32.6. The second-order valence-corrected chi connectivity index (χ2v) is 11.6. The van der Waals surface area contributed by atoms with Crippen LogP contribution in [0.5, 0.6) is 5.75 Å². The van der Waals surface area contributed by atoms with E-state index in [4.69, 9.17) is 5.26 Å². The lowest BCUT2D eigenvalue weighted by molar-refractivity contribution is -0.432. The molecule has 4 aromatic carbocycles. The van der Waals surface area contributed by atoms with E-state index in [9.17, 15) is 31.0 Å². The standard InChI is InChI=1S/C23H20N2O10S3/c1-3-13-9-15(37(28,29)30)10-14-11-19(36-35-34-27)21(22(26)20(13)14)25-24-18-8-7-16-12(2)5-4-6-17(16)23(18)38(31,32)33/h4-11,26-27H,3H2,1-2H3,(H,28,29,30)(H,31,32,33). The van der Waals surface area contributed by atoms with Crippen molar-refractivity contribution < 1.29 is 45.7 Å². The van der Waals surface area contributed by atoms with Gasteiger partial charge < -0.3 is 5.11 Å². The fourth-order valence-electron chi connectivity index (χ4n) is 4.11. The number of benzene rings is 4. The first-order valence-electron chi connectivity index (χ1n) is 10.7. The number of nitrogens with zero attached hydrogens (tertiary/aromatic N) is 2. The van der Waals surface area contributed by atoms with Gasteiger partial charge in [0.05, 0.1) is 21.8 Å². The predicted octanol–water partition coefficient (Wildman–Crippen LogP) is 5.91. The Morgan fingerprint density at radius 3 is 2.32 bits per heavy atom. The molecule has 0 heterocycles. The molecule has 0 spiro atoms. The van der Waals surface area contributed by atoms with Crippen molar-refractivity contribution in [1.29, 1.82) is 0 Å². The third-order valence-corrected chi connectivity index (χ3v) is 8.16. The van der Waals surface area contributed by atoms with E-state index in [0.717, 1.165) is 11.6 Å². The van der Waals surface area contributed by atoms with Gasteiger partial charge in [-0.25, -0.2) is 5.26 Å². The fourth-order valence-corrected chi connectivity index (χ4v) is 6.00. The Balaban J connectivity index is 2.00. The summed E-state index contributed by atoms with van der Waals surface area (Å²) in [4.78, 5) is -0.915. The summed E-state index contributed by atoms with van der Waals surface area (Å²) < 4.78 is 72.1. The van der Waals surface area contributed by atoms with E-state index in [1.807, 2.05) is 0 Å². The highest BCUT2D eigenvalue weighted by Gasteiger charge is 2.23. The van der Waals surface area contributed by atoms with E-state index < -0.39 is 35.8 Å². The molecule has 0 bridgehead atoms. The number of hydrogen-bond acceptors (Lipinski definition) is 11. The Morgan fingerprint density at radius 1 is 0.947 bits per heavy atom. The summed E-state index contributed by atoms with van der Waals surface area (Å²) in [6, 6.07) is 11.5. The monoisotopic (exact) mass is 580 g/mol. The number of phenols is 1. The number of aromatic hydroxyl groups is 1. The quantitative estimate of drug-likeness (QED) is 0.0637. The molecule has 4 aromatic rings. The first kappa shape index (κ1) is 27.9. The number of hydrogen-bond donors (Lipinski definition) is 4. The molecular weight excluding hydrogens is 560 g/mol. The minimum atomic E-state index is -4.76. The molecule has 0 radical (unpaired) electrons. The number of aryl methyl sites for hydroxylation is 2. The zero-order chi connectivity index (χ0) is 27.8. The maximum atomic E-state index is 12.3. The fraction of sp³-hybridized carbons (Fsp3) is 0.130. The molecule has 0 fully saturated rings. The van der Waals surface area contributed by atoms with Gasteiger partial charge in [0, 0.05) is 10.8 Å². The number of rotatable bonds is 8. The maximum Gasteiger partial charge on any atom is 0.297 e. The van der Waals surface area contributed by atoms with E-state index in [0.29, 0.717) is 23.0 Å². The highest BCUT2D eigenvalue weighted by molar-refractivity contribution is 7.94. The van der Waals surface area contributed by atoms with E-state index in [-0.39, 0.29) is 38.8 Å². The summed E-state index contributed by atoms with van der Waals surface area (Å²) in [7, 11) is -9.33. The van der Waals surface area contributed by atoms with Crippen molar-refractivity contribution in [2.24, 2.45) is 10.2 Å². The Bertz CT molecular complexity index is 1820. The topological polar surface area (TPSA) is 192 Å². The Morgan fingerprint density at radius 2 is 1.68 bits per heavy atom. The van der Waals surface area contributed by atoms with Crippen molar-refractivity contribution in [3.05, 3.63) is 59.7 Å². The zero-order valence-electron chi connectivity index (χ0n) is 19.7. The molecule has 0 amide bonds. The lowest BCUT2D eigenvalue weighted by Crippen LogP contribution is -2.00. The molecule has 0 unspecified atom stereocenters. The minimum absolute atomic E-state index is 0.0209. The van der Waals surface area contributed by atoms with Gasteiger partial charge in [-0.15, -0.1) is 14.6 Å². The molecule has 0 saturated heterocycles. The van der Waals surface area contributed by atoms with Crippen molar-refractivity contribution >= 4 is 65.2 Å². The molecule has 0 aliphatic rings. The number of phenolic OH excluding ortho intramolecular Hbond substituents is 1. The van der Waals surface area contributed by atoms with Crippen LogP contribution >= 0.6 is 12.0 Å². The molecule has 0 atom stereocenters. The second-order valence-electron chi connectivity index (χ2n) is 8.07. The first-order chi connectivity index (χ1) is 17.9. The SMILES string of the molecule is CCc1cc(S(=O)(=O)O)cc2cc(SOOO)c(N=Nc3ccc4c(C)cccc4c3S(=O)(=O)O)c(O)c12. The molecule has 4 N–H and O–H groups in total. The molecule has 0 aliphatic heterocycles. The predicted molar refractivity (Wildman–Crippen MR) is 138 cm³/mol. The molecule has 4 rings (SSSR count). The van der Waals surface area contributed by atoms with Gasteiger partial charge in [-0.3, -0.25) is 9.11 Å². The molecule has 15 heteroatoms. The molecule has 0 aromatic heterocycles. The third-order valence-electron chi connectivity index (χ3n) is 5.76. The molecule has 38 heavy (non-hydrogen) atoms. The van der Waals surface area contributed by atoms with Crippen LogP contribution in [0.3, 0.4) is 0 Å². The average molecular weight is 581 g/mol. The third kappa shape index (κ3) is 5.36. The van der Waals surface area contributed by atoms with Crippen molar-refractivity contribution in [3.63, 3.8) is 0 Å². The Kier molecular flexibility index (Phi) is 7.74. The lowest BCUT2D eigenvalue weighted by Gasteiger charge is -2.13. The van der Waals surface area contributed by atoms with Crippen molar-refractivity contribution in [1.82, 2.24) is 0 Å². The van der Waals surface area contributed by atoms with Gasteiger partial charge in [-0.05, 0) is 59.5 Å². The summed E-state index contributed by atoms with van der Waals surface area (Å²) >= 11 is 0.387. The van der Waals surface area contributed by atoms with Crippen molar-refractivity contribution in [3.8, 4) is 5.75 Å². The summed E-state index contributed by atoms with van der Waals surface area (Å²) in [6.45, 7) is 3.47. The summed E-state index contributed by atoms with van der Waals surface area (Å²) in [5.41, 5.74) is 0.649. The average Bonchev–Trinajstić information content (AvgIpc) is 2.84. The van der Waals surface area contributed by atoms with Crippen LogP contribution < -0.4 is 0 Å². The molecular formula is C23H20N2O10S3. The highest BCUT2D eigenvalue weighted by atomic mass is 32.2. The van der Waals surface area contributed by atoms with E-state index in [1.165, 1.54) is 24.3 Å². The van der Waals surface area contributed by atoms with Crippen LogP contribution in [-0.4, -0.2) is 36.3 Å². The van der Waals surface area contributed by atoms with Gasteiger partial charge in [0.2, 0.25) is 0 Å². The molecule has 0 saturated carbocycles. The van der Waals surface area contributed by atoms with E-state index >= 15 is 0 Å². The van der Waals surface area contributed by atoms with Crippen LogP contribution in [0.4, 0.5) is 11.4 Å². The zero-order valence-corrected chi connectivity index (χ0v) is 22.1. The van der Waals surface area contributed by atoms with Gasteiger partial charge >= 0.3 is 0 Å². The summed E-state index contributed by atoms with van der Waals surface area (Å²) in [6.07, 6.45) is 0.254. The van der Waals surface area contributed by atoms with Crippen LogP contribution in [0.1, 0.15) is 18.1 Å². The van der Waals surface area contributed by atoms with Gasteiger partial charge in [0.1, 0.15) is 16.3 Å². The van der Waals surface area contributed by atoms with Gasteiger partial charge in [-0.1, -0.05) is 36.2 Å². The van der Waals surface area contributed by atoms with Crippen LogP contribution in [0.25, 0.3) is 21.5 Å². The number of fused-ring (bicyclic) bond motifs is 2. The Labute approximate surface area is 221 Å². The molecule has 0 aliphatic carbocycles. The Hall–Kier alpha value is -3.15. The normalized spacial score (nSPS) is 12.7. The smallest absolute Gasteiger partial charge is 0.297 e. The van der Waals surface area contributed by atoms with Crippen LogP contribution in [0.15, 0.2) is 73.4 Å². The minimum Gasteiger partial charge on any atom is -0.505 e. The molecule has 200 valence electrons. The van der Waals surface area contributed by atoms with Crippen LogP contribution in [0, 0.1) is 6.92 Å². The highest BCUT2D eigenvalue weighted by Crippen LogP contribution is 2.46. The second kappa shape index (κ2) is 10.5. The van der Waals surface area contributed by atoms with Gasteiger partial charge in [0.15, 0.2) is 5.75 Å².